The summed E-state index contributed by atoms with van der Waals surface area (Å²) in [5, 5.41) is 10.8. The number of likely N-dealkylation sites (tertiary alicyclic amines) is 1. The van der Waals surface area contributed by atoms with Gasteiger partial charge < -0.3 is 19.6 Å². The second kappa shape index (κ2) is 8.07. The number of halogens is 1. The van der Waals surface area contributed by atoms with Gasteiger partial charge in [-0.3, -0.25) is 4.79 Å². The maximum Gasteiger partial charge on any atom is 0.410 e. The van der Waals surface area contributed by atoms with Gasteiger partial charge in [0, 0.05) is 18.3 Å². The number of rotatable bonds is 3. The van der Waals surface area contributed by atoms with Crippen molar-refractivity contribution in [2.45, 2.75) is 50.5 Å². The van der Waals surface area contributed by atoms with Crippen molar-refractivity contribution < 1.29 is 23.8 Å². The fraction of sp³-hybridized carbons (Fsp3) is 0.391. The Morgan fingerprint density at radius 1 is 1.23 bits per heavy atom. The van der Waals surface area contributed by atoms with Crippen LogP contribution in [0.2, 0.25) is 0 Å². The molecule has 2 fully saturated rings. The Hall–Kier alpha value is -2.93. The van der Waals surface area contributed by atoms with E-state index >= 15 is 0 Å². The van der Waals surface area contributed by atoms with Crippen LogP contribution < -0.4 is 4.90 Å². The minimum absolute atomic E-state index is 0.0122. The van der Waals surface area contributed by atoms with Crippen LogP contribution in [0.15, 0.2) is 54.6 Å². The van der Waals surface area contributed by atoms with Crippen LogP contribution in [0.25, 0.3) is 0 Å². The zero-order chi connectivity index (χ0) is 21.3. The number of piperidine rings is 1. The molecule has 2 amide bonds. The summed E-state index contributed by atoms with van der Waals surface area (Å²) in [5.41, 5.74) is 0.477. The number of amides is 2. The second-order valence-electron chi connectivity index (χ2n) is 8.07. The van der Waals surface area contributed by atoms with Crippen LogP contribution in [0.1, 0.15) is 31.7 Å². The minimum atomic E-state index is -0.877. The van der Waals surface area contributed by atoms with Crippen molar-refractivity contribution in [2.24, 2.45) is 0 Å². The molecule has 2 aromatic rings. The third kappa shape index (κ3) is 3.65. The van der Waals surface area contributed by atoms with E-state index in [2.05, 4.69) is 0 Å². The monoisotopic (exact) mass is 412 g/mol. The van der Waals surface area contributed by atoms with Crippen LogP contribution in [-0.2, 0) is 16.1 Å². The second-order valence-corrected chi connectivity index (χ2v) is 8.07. The molecule has 2 aromatic carbocycles. The molecular formula is C23H25FN2O4. The van der Waals surface area contributed by atoms with E-state index in [1.807, 2.05) is 37.3 Å². The number of aliphatic hydroxyl groups is 1. The number of carbonyl (C=O) groups excluding carboxylic acids is 2. The Kier molecular flexibility index (Phi) is 5.47. The number of nitrogens with zero attached hydrogens (tertiary/aromatic N) is 2. The number of hydrogen-bond acceptors (Lipinski definition) is 4. The van der Waals surface area contributed by atoms with Crippen molar-refractivity contribution in [3.05, 3.63) is 66.0 Å². The molecule has 2 aliphatic rings. The van der Waals surface area contributed by atoms with Crippen molar-refractivity contribution >= 4 is 17.7 Å². The first kappa shape index (κ1) is 20.3. The van der Waals surface area contributed by atoms with Gasteiger partial charge >= 0.3 is 6.09 Å². The lowest BCUT2D eigenvalue weighted by atomic mass is 9.79. The number of anilines is 1. The number of benzene rings is 2. The highest BCUT2D eigenvalue weighted by molar-refractivity contribution is 5.98. The molecule has 1 spiro atoms. The van der Waals surface area contributed by atoms with Gasteiger partial charge in [0.15, 0.2) is 0 Å². The van der Waals surface area contributed by atoms with Crippen LogP contribution in [0.5, 0.6) is 0 Å². The Morgan fingerprint density at radius 2 is 2.00 bits per heavy atom. The summed E-state index contributed by atoms with van der Waals surface area (Å²) < 4.78 is 19.3. The molecule has 0 aliphatic carbocycles. The highest BCUT2D eigenvalue weighted by Crippen LogP contribution is 2.44. The van der Waals surface area contributed by atoms with Gasteiger partial charge in [0.2, 0.25) is 5.91 Å². The normalized spacial score (nSPS) is 26.3. The highest BCUT2D eigenvalue weighted by atomic mass is 19.1. The lowest BCUT2D eigenvalue weighted by molar-refractivity contribution is -0.117. The molecule has 3 unspecified atom stereocenters. The van der Waals surface area contributed by atoms with E-state index in [1.54, 1.807) is 17.0 Å². The lowest BCUT2D eigenvalue weighted by Crippen LogP contribution is -2.61. The summed E-state index contributed by atoms with van der Waals surface area (Å²) in [6.07, 6.45) is -0.532. The summed E-state index contributed by atoms with van der Waals surface area (Å²) in [6, 6.07) is 15.0. The standard InChI is InChI=1S/C23H25FN2O4/c1-16-14-23(10-11-25(16)22(29)30-15-17-6-3-2-4-7-17)20(27)13-21(28)26(23)19-9-5-8-18(24)12-19/h2-9,12,16,20,27H,10-11,13-15H2,1H3. The Balaban J connectivity index is 1.50. The van der Waals surface area contributed by atoms with Gasteiger partial charge in [0.1, 0.15) is 12.4 Å². The average Bonchev–Trinajstić information content (AvgIpc) is 2.96. The summed E-state index contributed by atoms with van der Waals surface area (Å²) in [6.45, 7) is 2.40. The summed E-state index contributed by atoms with van der Waals surface area (Å²) in [5.74, 6) is -0.674. The molecule has 0 aromatic heterocycles. The Morgan fingerprint density at radius 3 is 2.70 bits per heavy atom. The molecule has 0 bridgehead atoms. The van der Waals surface area contributed by atoms with E-state index in [0.29, 0.717) is 25.1 Å². The number of carbonyl (C=O) groups is 2. The molecule has 1 N–H and O–H groups in total. The first-order valence-corrected chi connectivity index (χ1v) is 10.1. The van der Waals surface area contributed by atoms with Crippen molar-refractivity contribution in [2.75, 3.05) is 11.4 Å². The molecule has 158 valence electrons. The molecule has 0 radical (unpaired) electrons. The van der Waals surface area contributed by atoms with Gasteiger partial charge in [-0.1, -0.05) is 36.4 Å². The summed E-state index contributed by atoms with van der Waals surface area (Å²) in [4.78, 5) is 28.5. The molecular weight excluding hydrogens is 387 g/mol. The molecule has 3 atom stereocenters. The zero-order valence-electron chi connectivity index (χ0n) is 16.8. The topological polar surface area (TPSA) is 70.1 Å². The number of ether oxygens (including phenoxy) is 1. The van der Waals surface area contributed by atoms with Gasteiger partial charge in [0.25, 0.3) is 0 Å². The van der Waals surface area contributed by atoms with E-state index in [4.69, 9.17) is 4.74 Å². The highest BCUT2D eigenvalue weighted by Gasteiger charge is 2.56. The average molecular weight is 412 g/mol. The SMILES string of the molecule is CC1CC2(CCN1C(=O)OCc1ccccc1)C(O)CC(=O)N2c1cccc(F)c1. The van der Waals surface area contributed by atoms with Gasteiger partial charge in [-0.15, -0.1) is 0 Å². The first-order chi connectivity index (χ1) is 14.4. The van der Waals surface area contributed by atoms with Gasteiger partial charge in [-0.25, -0.2) is 9.18 Å². The molecule has 2 saturated heterocycles. The summed E-state index contributed by atoms with van der Waals surface area (Å²) in [7, 11) is 0. The maximum atomic E-state index is 13.8. The Bertz CT molecular complexity index is 938. The van der Waals surface area contributed by atoms with Crippen LogP contribution in [0, 0.1) is 5.82 Å². The van der Waals surface area contributed by atoms with E-state index in [1.165, 1.54) is 17.0 Å². The van der Waals surface area contributed by atoms with E-state index in [0.717, 1.165) is 5.56 Å². The lowest BCUT2D eigenvalue weighted by Gasteiger charge is -2.48. The van der Waals surface area contributed by atoms with E-state index in [-0.39, 0.29) is 25.0 Å². The molecule has 4 rings (SSSR count). The van der Waals surface area contributed by atoms with Crippen molar-refractivity contribution in [3.63, 3.8) is 0 Å². The Labute approximate surface area is 174 Å². The fourth-order valence-electron chi connectivity index (χ4n) is 4.70. The first-order valence-electron chi connectivity index (χ1n) is 10.1. The fourth-order valence-corrected chi connectivity index (χ4v) is 4.70. The van der Waals surface area contributed by atoms with Crippen molar-refractivity contribution in [3.8, 4) is 0 Å². The third-order valence-electron chi connectivity index (χ3n) is 6.16. The predicted octanol–water partition coefficient (Wildman–Crippen LogP) is 3.48. The molecule has 30 heavy (non-hydrogen) atoms. The van der Waals surface area contributed by atoms with Crippen molar-refractivity contribution in [1.82, 2.24) is 4.90 Å². The predicted molar refractivity (Wildman–Crippen MR) is 109 cm³/mol. The smallest absolute Gasteiger partial charge is 0.410 e. The quantitative estimate of drug-likeness (QED) is 0.838. The number of hydrogen-bond donors (Lipinski definition) is 1. The van der Waals surface area contributed by atoms with Crippen LogP contribution >= 0.6 is 0 Å². The van der Waals surface area contributed by atoms with Gasteiger partial charge in [-0.2, -0.15) is 0 Å². The summed E-state index contributed by atoms with van der Waals surface area (Å²) >= 11 is 0. The maximum absolute atomic E-state index is 13.8. The van der Waals surface area contributed by atoms with E-state index in [9.17, 15) is 19.1 Å². The van der Waals surface area contributed by atoms with Crippen LogP contribution in [0.4, 0.5) is 14.9 Å². The molecule has 2 aliphatic heterocycles. The molecule has 2 heterocycles. The van der Waals surface area contributed by atoms with Gasteiger partial charge in [0.05, 0.1) is 18.1 Å². The van der Waals surface area contributed by atoms with Gasteiger partial charge in [-0.05, 0) is 43.5 Å². The van der Waals surface area contributed by atoms with Crippen molar-refractivity contribution in [1.29, 1.82) is 0 Å². The third-order valence-corrected chi connectivity index (χ3v) is 6.16. The molecule has 6 nitrogen and oxygen atoms in total. The number of aliphatic hydroxyl groups excluding tert-OH is 1. The molecule has 0 saturated carbocycles. The zero-order valence-corrected chi connectivity index (χ0v) is 16.8. The van der Waals surface area contributed by atoms with Crippen LogP contribution in [-0.4, -0.2) is 46.2 Å². The largest absolute Gasteiger partial charge is 0.445 e. The van der Waals surface area contributed by atoms with Crippen LogP contribution in [0.3, 0.4) is 0 Å². The molecule has 7 heteroatoms. The minimum Gasteiger partial charge on any atom is -0.445 e. The van der Waals surface area contributed by atoms with E-state index < -0.39 is 23.6 Å².